The normalized spacial score (nSPS) is 13.9. The number of carboxylic acid groups (broad SMARTS) is 1. The zero-order valence-electron chi connectivity index (χ0n) is 15.5. The summed E-state index contributed by atoms with van der Waals surface area (Å²) in [5.74, 6) is -0.286. The fourth-order valence-corrected chi connectivity index (χ4v) is 3.16. The molecule has 0 unspecified atom stereocenters. The zero-order valence-corrected chi connectivity index (χ0v) is 15.5. The molecule has 148 valence electrons. The number of nitrogens with zero attached hydrogens (tertiary/aromatic N) is 2. The first-order valence-corrected chi connectivity index (χ1v) is 9.21. The second-order valence-corrected chi connectivity index (χ2v) is 6.55. The van der Waals surface area contributed by atoms with Crippen LogP contribution in [0.15, 0.2) is 60.7 Å². The van der Waals surface area contributed by atoms with Crippen LogP contribution in [-0.2, 0) is 4.74 Å². The highest BCUT2D eigenvalue weighted by Crippen LogP contribution is 2.32. The molecular weight excluding hydrogens is 375 g/mol. The zero-order chi connectivity index (χ0) is 20.2. The van der Waals surface area contributed by atoms with Crippen molar-refractivity contribution in [1.29, 1.82) is 0 Å². The average Bonchev–Trinajstić information content (AvgIpc) is 2.76. The smallest absolute Gasteiger partial charge is 0.354 e. The lowest BCUT2D eigenvalue weighted by atomic mass is 10.1. The Labute approximate surface area is 167 Å². The van der Waals surface area contributed by atoms with Gasteiger partial charge in [0.05, 0.1) is 24.6 Å². The lowest BCUT2D eigenvalue weighted by Gasteiger charge is -2.30. The molecule has 3 aromatic rings. The van der Waals surface area contributed by atoms with E-state index < -0.39 is 5.97 Å². The maximum absolute atomic E-state index is 13.0. The molecule has 0 bridgehead atoms. The molecule has 1 aromatic heterocycles. The number of ether oxygens (including phenoxy) is 2. The summed E-state index contributed by atoms with van der Waals surface area (Å²) in [7, 11) is 0. The first-order valence-electron chi connectivity index (χ1n) is 9.21. The Morgan fingerprint density at radius 1 is 0.966 bits per heavy atom. The highest BCUT2D eigenvalue weighted by molar-refractivity contribution is 5.88. The van der Waals surface area contributed by atoms with Crippen molar-refractivity contribution in [2.24, 2.45) is 0 Å². The number of aromatic carboxylic acids is 1. The number of hydrogen-bond acceptors (Lipinski definition) is 5. The van der Waals surface area contributed by atoms with Gasteiger partial charge in [-0.15, -0.1) is 0 Å². The summed E-state index contributed by atoms with van der Waals surface area (Å²) >= 11 is 0. The molecule has 7 heteroatoms. The number of pyridine rings is 1. The number of hydrogen-bond donors (Lipinski definition) is 1. The first-order chi connectivity index (χ1) is 14.1. The monoisotopic (exact) mass is 394 g/mol. The van der Waals surface area contributed by atoms with Gasteiger partial charge in [0.1, 0.15) is 23.0 Å². The van der Waals surface area contributed by atoms with Gasteiger partial charge in [0.15, 0.2) is 0 Å². The van der Waals surface area contributed by atoms with Crippen LogP contribution >= 0.6 is 0 Å². The van der Waals surface area contributed by atoms with E-state index in [1.807, 2.05) is 12.1 Å². The van der Waals surface area contributed by atoms with E-state index in [-0.39, 0.29) is 11.5 Å². The molecule has 0 saturated carbocycles. The van der Waals surface area contributed by atoms with Crippen molar-refractivity contribution in [2.45, 2.75) is 0 Å². The van der Waals surface area contributed by atoms with Gasteiger partial charge in [-0.25, -0.2) is 14.2 Å². The van der Waals surface area contributed by atoms with Gasteiger partial charge in [0, 0.05) is 18.7 Å². The van der Waals surface area contributed by atoms with Crippen LogP contribution in [0.5, 0.6) is 11.5 Å². The minimum Gasteiger partial charge on any atom is -0.477 e. The summed E-state index contributed by atoms with van der Waals surface area (Å²) in [5, 5.41) is 9.34. The third-order valence-electron chi connectivity index (χ3n) is 4.62. The molecule has 29 heavy (non-hydrogen) atoms. The summed E-state index contributed by atoms with van der Waals surface area (Å²) in [4.78, 5) is 17.9. The number of carbonyl (C=O) groups is 1. The highest BCUT2D eigenvalue weighted by atomic mass is 19.1. The van der Waals surface area contributed by atoms with E-state index in [0.717, 1.165) is 11.3 Å². The number of morpholine rings is 1. The second kappa shape index (κ2) is 8.28. The molecule has 1 fully saturated rings. The maximum atomic E-state index is 13.0. The van der Waals surface area contributed by atoms with Crippen LogP contribution in [0.4, 0.5) is 10.1 Å². The molecule has 1 saturated heterocycles. The Balaban J connectivity index is 1.64. The lowest BCUT2D eigenvalue weighted by molar-refractivity contribution is 0.0690. The first kappa shape index (κ1) is 18.9. The van der Waals surface area contributed by atoms with Crippen molar-refractivity contribution in [2.75, 3.05) is 31.2 Å². The van der Waals surface area contributed by atoms with Crippen molar-refractivity contribution < 1.29 is 23.8 Å². The average molecular weight is 394 g/mol. The Hall–Kier alpha value is -3.45. The van der Waals surface area contributed by atoms with Gasteiger partial charge in [-0.2, -0.15) is 0 Å². The predicted octanol–water partition coefficient (Wildman–Crippen LogP) is 4.21. The Kier molecular flexibility index (Phi) is 5.39. The van der Waals surface area contributed by atoms with Crippen LogP contribution in [0.25, 0.3) is 11.3 Å². The summed E-state index contributed by atoms with van der Waals surface area (Å²) in [6.07, 6.45) is 0. The van der Waals surface area contributed by atoms with E-state index in [9.17, 15) is 14.3 Å². The third-order valence-corrected chi connectivity index (χ3v) is 4.62. The number of halogens is 1. The molecule has 1 aliphatic rings. The van der Waals surface area contributed by atoms with Crippen molar-refractivity contribution in [3.8, 4) is 22.8 Å². The van der Waals surface area contributed by atoms with E-state index in [4.69, 9.17) is 9.47 Å². The Morgan fingerprint density at radius 2 is 1.59 bits per heavy atom. The van der Waals surface area contributed by atoms with Crippen LogP contribution in [-0.4, -0.2) is 42.4 Å². The number of rotatable bonds is 5. The molecule has 2 heterocycles. The van der Waals surface area contributed by atoms with Gasteiger partial charge in [-0.1, -0.05) is 0 Å². The molecular formula is C22H19FN2O4. The molecule has 2 aromatic carbocycles. The summed E-state index contributed by atoms with van der Waals surface area (Å²) in [6, 6.07) is 16.3. The minimum absolute atomic E-state index is 0.0105. The maximum Gasteiger partial charge on any atom is 0.354 e. The molecule has 6 nitrogen and oxygen atoms in total. The van der Waals surface area contributed by atoms with Gasteiger partial charge in [-0.05, 0) is 60.7 Å². The fraction of sp³-hybridized carbons (Fsp3) is 0.182. The van der Waals surface area contributed by atoms with Gasteiger partial charge in [0.25, 0.3) is 0 Å². The Morgan fingerprint density at radius 3 is 2.21 bits per heavy atom. The molecule has 1 aliphatic heterocycles. The SMILES string of the molecule is O=C(O)c1ccc(N2CCOCC2)c(-c2ccc(Oc3ccc(F)cc3)cc2)n1. The molecule has 0 aliphatic carbocycles. The minimum atomic E-state index is -1.07. The predicted molar refractivity (Wildman–Crippen MR) is 106 cm³/mol. The van der Waals surface area contributed by atoms with Gasteiger partial charge in [0.2, 0.25) is 0 Å². The molecule has 0 spiro atoms. The number of benzene rings is 2. The standard InChI is InChI=1S/C22H19FN2O4/c23-16-3-7-18(8-4-16)29-17-5-1-15(2-6-17)21-20(25-11-13-28-14-12-25)10-9-19(24-21)22(26)27/h1-10H,11-14H2,(H,26,27). The molecule has 4 rings (SSSR count). The van der Waals surface area contributed by atoms with Crippen molar-refractivity contribution >= 4 is 11.7 Å². The van der Waals surface area contributed by atoms with Crippen molar-refractivity contribution in [1.82, 2.24) is 4.98 Å². The summed E-state index contributed by atoms with van der Waals surface area (Å²) < 4.78 is 24.2. The van der Waals surface area contributed by atoms with E-state index in [2.05, 4.69) is 9.88 Å². The number of carboxylic acids is 1. The van der Waals surface area contributed by atoms with Crippen LogP contribution in [0.3, 0.4) is 0 Å². The largest absolute Gasteiger partial charge is 0.477 e. The van der Waals surface area contributed by atoms with E-state index >= 15 is 0 Å². The van der Waals surface area contributed by atoms with E-state index in [1.54, 1.807) is 30.3 Å². The quantitative estimate of drug-likeness (QED) is 0.699. The third kappa shape index (κ3) is 4.35. The lowest BCUT2D eigenvalue weighted by Crippen LogP contribution is -2.36. The van der Waals surface area contributed by atoms with E-state index in [0.29, 0.717) is 43.5 Å². The van der Waals surface area contributed by atoms with E-state index in [1.165, 1.54) is 18.2 Å². The molecule has 0 radical (unpaired) electrons. The summed E-state index contributed by atoms with van der Waals surface area (Å²) in [6.45, 7) is 2.66. The van der Waals surface area contributed by atoms with Crippen LogP contribution in [0.1, 0.15) is 10.5 Å². The number of anilines is 1. The van der Waals surface area contributed by atoms with Crippen LogP contribution in [0, 0.1) is 5.82 Å². The van der Waals surface area contributed by atoms with Crippen LogP contribution < -0.4 is 9.64 Å². The van der Waals surface area contributed by atoms with Gasteiger partial charge < -0.3 is 19.5 Å². The topological polar surface area (TPSA) is 71.9 Å². The molecule has 1 N–H and O–H groups in total. The van der Waals surface area contributed by atoms with Crippen molar-refractivity contribution in [3.63, 3.8) is 0 Å². The molecule has 0 atom stereocenters. The molecule has 0 amide bonds. The second-order valence-electron chi connectivity index (χ2n) is 6.55. The van der Waals surface area contributed by atoms with Crippen LogP contribution in [0.2, 0.25) is 0 Å². The highest BCUT2D eigenvalue weighted by Gasteiger charge is 2.19. The van der Waals surface area contributed by atoms with Gasteiger partial charge >= 0.3 is 5.97 Å². The fourth-order valence-electron chi connectivity index (χ4n) is 3.16. The van der Waals surface area contributed by atoms with Crippen molar-refractivity contribution in [3.05, 3.63) is 72.2 Å². The number of aromatic nitrogens is 1. The summed E-state index contributed by atoms with van der Waals surface area (Å²) in [5.41, 5.74) is 2.23. The van der Waals surface area contributed by atoms with Gasteiger partial charge in [-0.3, -0.25) is 0 Å². The Bertz CT molecular complexity index is 1000.